The van der Waals surface area contributed by atoms with Crippen molar-refractivity contribution >= 4 is 17.6 Å². The van der Waals surface area contributed by atoms with Gasteiger partial charge in [0.1, 0.15) is 12.4 Å². The first-order valence-corrected chi connectivity index (χ1v) is 9.22. The Morgan fingerprint density at radius 1 is 1.33 bits per heavy atom. The third-order valence-corrected chi connectivity index (χ3v) is 4.27. The minimum Gasteiger partial charge on any atom is -0.492 e. The van der Waals surface area contributed by atoms with E-state index in [0.29, 0.717) is 19.6 Å². The van der Waals surface area contributed by atoms with Crippen LogP contribution >= 0.6 is 0 Å². The Morgan fingerprint density at radius 2 is 2.22 bits per heavy atom. The summed E-state index contributed by atoms with van der Waals surface area (Å²) in [6.45, 7) is 2.86. The molecule has 0 spiro atoms. The van der Waals surface area contributed by atoms with Gasteiger partial charge in [0, 0.05) is 44.6 Å². The fourth-order valence-electron chi connectivity index (χ4n) is 2.89. The predicted octanol–water partition coefficient (Wildman–Crippen LogP) is 1.40. The Bertz CT molecular complexity index is 773. The van der Waals surface area contributed by atoms with Crippen LogP contribution in [0.15, 0.2) is 41.7 Å². The van der Waals surface area contributed by atoms with Crippen LogP contribution in [-0.4, -0.2) is 48.4 Å². The van der Waals surface area contributed by atoms with Crippen molar-refractivity contribution in [1.82, 2.24) is 20.4 Å². The average Bonchev–Trinajstić information content (AvgIpc) is 3.20. The number of benzene rings is 1. The largest absolute Gasteiger partial charge is 0.492 e. The molecule has 1 aromatic carbocycles. The molecule has 0 saturated carbocycles. The summed E-state index contributed by atoms with van der Waals surface area (Å²) in [6.07, 6.45) is 5.99. The highest BCUT2D eigenvalue weighted by molar-refractivity contribution is 5.94. The number of anilines is 1. The number of hydrogen-bond donors (Lipinski definition) is 3. The van der Waals surface area contributed by atoms with E-state index in [1.165, 1.54) is 0 Å². The number of nitrogens with one attached hydrogen (secondary N) is 3. The lowest BCUT2D eigenvalue weighted by Gasteiger charge is -2.18. The zero-order valence-electron chi connectivity index (χ0n) is 15.6. The third kappa shape index (κ3) is 5.73. The number of aromatic nitrogens is 2. The number of aliphatic imine (C=N–C) groups is 1. The van der Waals surface area contributed by atoms with Crippen LogP contribution in [0.25, 0.3) is 0 Å². The molecule has 0 saturated heterocycles. The van der Waals surface area contributed by atoms with Crippen molar-refractivity contribution in [3.8, 4) is 5.75 Å². The second-order valence-electron chi connectivity index (χ2n) is 6.26. The van der Waals surface area contributed by atoms with Crippen molar-refractivity contribution in [1.29, 1.82) is 0 Å². The third-order valence-electron chi connectivity index (χ3n) is 4.27. The summed E-state index contributed by atoms with van der Waals surface area (Å²) in [5.74, 6) is 1.64. The van der Waals surface area contributed by atoms with Gasteiger partial charge in [-0.2, -0.15) is 5.10 Å². The van der Waals surface area contributed by atoms with Crippen LogP contribution in [0.2, 0.25) is 0 Å². The molecule has 0 aliphatic carbocycles. The molecule has 1 aromatic heterocycles. The summed E-state index contributed by atoms with van der Waals surface area (Å²) in [4.78, 5) is 15.6. The van der Waals surface area contributed by atoms with E-state index in [1.54, 1.807) is 13.2 Å². The number of nitrogens with zero attached hydrogens (tertiary/aromatic N) is 3. The Balaban J connectivity index is 1.33. The highest BCUT2D eigenvalue weighted by Crippen LogP contribution is 2.26. The zero-order chi connectivity index (χ0) is 18.9. The predicted molar refractivity (Wildman–Crippen MR) is 105 cm³/mol. The van der Waals surface area contributed by atoms with Crippen LogP contribution in [0.1, 0.15) is 18.4 Å². The van der Waals surface area contributed by atoms with Gasteiger partial charge in [-0.3, -0.25) is 14.5 Å². The van der Waals surface area contributed by atoms with E-state index < -0.39 is 0 Å². The Hall–Kier alpha value is -3.03. The van der Waals surface area contributed by atoms with Gasteiger partial charge in [-0.25, -0.2) is 0 Å². The first-order valence-electron chi connectivity index (χ1n) is 9.22. The van der Waals surface area contributed by atoms with Crippen LogP contribution in [0.3, 0.4) is 0 Å². The maximum Gasteiger partial charge on any atom is 0.224 e. The standard InChI is InChI=1S/C19H26N6O2/c1-20-19(21-8-2-11-25-12-3-9-23-25)22-10-13-27-16-5-6-17-15(14-16)4-7-18(26)24-17/h3,5-6,9,12,14H,2,4,7-8,10-11,13H2,1H3,(H,24,26)(H2,20,21,22). The van der Waals surface area contributed by atoms with Crippen LogP contribution < -0.4 is 20.7 Å². The minimum absolute atomic E-state index is 0.0730. The van der Waals surface area contributed by atoms with Crippen molar-refractivity contribution in [3.05, 3.63) is 42.2 Å². The number of amides is 1. The molecule has 27 heavy (non-hydrogen) atoms. The summed E-state index contributed by atoms with van der Waals surface area (Å²) in [6, 6.07) is 7.70. The molecular weight excluding hydrogens is 344 g/mol. The molecule has 0 unspecified atom stereocenters. The summed E-state index contributed by atoms with van der Waals surface area (Å²) in [5.41, 5.74) is 2.01. The van der Waals surface area contributed by atoms with Gasteiger partial charge in [0.25, 0.3) is 0 Å². The summed E-state index contributed by atoms with van der Waals surface area (Å²) in [5, 5.41) is 13.6. The molecular formula is C19H26N6O2. The fourth-order valence-corrected chi connectivity index (χ4v) is 2.89. The minimum atomic E-state index is 0.0730. The fraction of sp³-hybridized carbons (Fsp3) is 0.421. The average molecular weight is 370 g/mol. The molecule has 3 rings (SSSR count). The van der Waals surface area contributed by atoms with Gasteiger partial charge in [-0.05, 0) is 42.7 Å². The molecule has 2 heterocycles. The zero-order valence-corrected chi connectivity index (χ0v) is 15.6. The number of hydrogen-bond acceptors (Lipinski definition) is 4. The number of carbonyl (C=O) groups is 1. The van der Waals surface area contributed by atoms with Crippen LogP contribution in [0.5, 0.6) is 5.75 Å². The highest BCUT2D eigenvalue weighted by Gasteiger charge is 2.14. The monoisotopic (exact) mass is 370 g/mol. The second kappa shape index (κ2) is 9.61. The quantitative estimate of drug-likeness (QED) is 0.371. The van der Waals surface area contributed by atoms with E-state index in [-0.39, 0.29) is 5.91 Å². The van der Waals surface area contributed by atoms with E-state index in [1.807, 2.05) is 35.1 Å². The van der Waals surface area contributed by atoms with Crippen molar-refractivity contribution in [3.63, 3.8) is 0 Å². The maximum atomic E-state index is 11.4. The topological polar surface area (TPSA) is 92.6 Å². The number of fused-ring (bicyclic) bond motifs is 1. The summed E-state index contributed by atoms with van der Waals surface area (Å²) in [7, 11) is 1.75. The molecule has 1 aliphatic rings. The van der Waals surface area contributed by atoms with Gasteiger partial charge in [-0.1, -0.05) is 0 Å². The number of ether oxygens (including phenoxy) is 1. The molecule has 0 radical (unpaired) electrons. The SMILES string of the molecule is CN=C(NCCCn1cccn1)NCCOc1ccc2c(c1)CCC(=O)N2. The highest BCUT2D eigenvalue weighted by atomic mass is 16.5. The lowest BCUT2D eigenvalue weighted by molar-refractivity contribution is -0.116. The smallest absolute Gasteiger partial charge is 0.224 e. The number of guanidine groups is 1. The molecule has 8 nitrogen and oxygen atoms in total. The molecule has 0 fully saturated rings. The van der Waals surface area contributed by atoms with Gasteiger partial charge >= 0.3 is 0 Å². The maximum absolute atomic E-state index is 11.4. The van der Waals surface area contributed by atoms with Gasteiger partial charge in [-0.15, -0.1) is 0 Å². The van der Waals surface area contributed by atoms with Crippen LogP contribution in [-0.2, 0) is 17.8 Å². The van der Waals surface area contributed by atoms with E-state index in [9.17, 15) is 4.79 Å². The summed E-state index contributed by atoms with van der Waals surface area (Å²) >= 11 is 0. The van der Waals surface area contributed by atoms with Crippen LogP contribution in [0, 0.1) is 0 Å². The van der Waals surface area contributed by atoms with Crippen molar-refractivity contribution in [2.24, 2.45) is 4.99 Å². The van der Waals surface area contributed by atoms with E-state index in [2.05, 4.69) is 26.0 Å². The van der Waals surface area contributed by atoms with Crippen molar-refractivity contribution in [2.45, 2.75) is 25.8 Å². The lowest BCUT2D eigenvalue weighted by Crippen LogP contribution is -2.39. The molecule has 3 N–H and O–H groups in total. The first kappa shape index (κ1) is 18.8. The van der Waals surface area contributed by atoms with Gasteiger partial charge in [0.05, 0.1) is 6.54 Å². The molecule has 8 heteroatoms. The van der Waals surface area contributed by atoms with E-state index in [4.69, 9.17) is 4.74 Å². The van der Waals surface area contributed by atoms with Crippen molar-refractivity contribution in [2.75, 3.05) is 32.1 Å². The molecule has 0 atom stereocenters. The number of rotatable bonds is 8. The van der Waals surface area contributed by atoms with E-state index >= 15 is 0 Å². The molecule has 0 bridgehead atoms. The number of carbonyl (C=O) groups excluding carboxylic acids is 1. The van der Waals surface area contributed by atoms with E-state index in [0.717, 1.165) is 48.9 Å². The lowest BCUT2D eigenvalue weighted by atomic mass is 10.0. The van der Waals surface area contributed by atoms with Gasteiger partial charge < -0.3 is 20.7 Å². The number of aryl methyl sites for hydroxylation is 2. The van der Waals surface area contributed by atoms with Gasteiger partial charge in [0.2, 0.25) is 5.91 Å². The van der Waals surface area contributed by atoms with Crippen molar-refractivity contribution < 1.29 is 9.53 Å². The second-order valence-corrected chi connectivity index (χ2v) is 6.26. The van der Waals surface area contributed by atoms with Gasteiger partial charge in [0.15, 0.2) is 5.96 Å². The first-order chi connectivity index (χ1) is 13.2. The molecule has 1 aliphatic heterocycles. The Labute approximate surface area is 159 Å². The van der Waals surface area contributed by atoms with Crippen LogP contribution in [0.4, 0.5) is 5.69 Å². The molecule has 1 amide bonds. The molecule has 144 valence electrons. The molecule has 2 aromatic rings. The Morgan fingerprint density at radius 3 is 3.04 bits per heavy atom. The Kier molecular flexibility index (Phi) is 6.67. The summed E-state index contributed by atoms with van der Waals surface area (Å²) < 4.78 is 7.71. The normalized spacial score (nSPS) is 13.7.